The van der Waals surface area contributed by atoms with Crippen molar-refractivity contribution in [3.63, 3.8) is 0 Å². The van der Waals surface area contributed by atoms with Crippen molar-refractivity contribution in [1.82, 2.24) is 0 Å². The Morgan fingerprint density at radius 2 is 1.80 bits per heavy atom. The summed E-state index contributed by atoms with van der Waals surface area (Å²) in [6.45, 7) is 6.59. The van der Waals surface area contributed by atoms with Gasteiger partial charge in [0.2, 0.25) is 0 Å². The summed E-state index contributed by atoms with van der Waals surface area (Å²) >= 11 is 0. The first-order valence-corrected chi connectivity index (χ1v) is 7.81. The highest BCUT2D eigenvalue weighted by molar-refractivity contribution is 5.31. The molecule has 0 spiro atoms. The predicted octanol–water partition coefficient (Wildman–Crippen LogP) is 2.46. The molecule has 0 radical (unpaired) electrons. The minimum Gasteiger partial charge on any atom is -0.497 e. The van der Waals surface area contributed by atoms with Crippen molar-refractivity contribution in [2.24, 2.45) is 11.8 Å². The molecule has 1 aromatic rings. The first-order valence-electron chi connectivity index (χ1n) is 7.81. The smallest absolute Gasteiger partial charge is 0.137 e. The summed E-state index contributed by atoms with van der Waals surface area (Å²) in [6, 6.07) is 8.57. The minimum atomic E-state index is 0.768. The van der Waals surface area contributed by atoms with Crippen LogP contribution in [-0.4, -0.2) is 26.3 Å². The van der Waals surface area contributed by atoms with Gasteiger partial charge in [0, 0.05) is 5.92 Å². The molecule has 112 valence electrons. The third-order valence-electron chi connectivity index (χ3n) is 4.69. The topological polar surface area (TPSA) is 35.1 Å². The molecular weight excluding hydrogens is 250 g/mol. The zero-order chi connectivity index (χ0) is 14.4. The Hall–Kier alpha value is -1.22. The Morgan fingerprint density at radius 3 is 2.50 bits per heavy atom. The van der Waals surface area contributed by atoms with Gasteiger partial charge in [0.25, 0.3) is 0 Å². The van der Waals surface area contributed by atoms with Gasteiger partial charge in [0.05, 0.1) is 13.2 Å². The third kappa shape index (κ3) is 4.14. The van der Waals surface area contributed by atoms with Gasteiger partial charge in [-0.3, -0.25) is 0 Å². The standard InChI is InChI=1S/C17H27NO2/c1-13-5-4-6-17(14(13)2)18-11-12-20-16-9-7-15(19-3)8-10-16/h7-10,13-14,17-18H,4-6,11-12H2,1-3H3/p+1/t13-,14+,17+/m0/s1. The number of methoxy groups -OCH3 is 1. The highest BCUT2D eigenvalue weighted by atomic mass is 16.5. The number of hydrogen-bond donors (Lipinski definition) is 1. The fraction of sp³-hybridized carbons (Fsp3) is 0.647. The maximum absolute atomic E-state index is 5.77. The van der Waals surface area contributed by atoms with Gasteiger partial charge in [0.1, 0.15) is 24.7 Å². The molecule has 2 rings (SSSR count). The van der Waals surface area contributed by atoms with Crippen LogP contribution in [0.3, 0.4) is 0 Å². The number of benzene rings is 1. The van der Waals surface area contributed by atoms with E-state index in [1.807, 2.05) is 24.3 Å². The molecule has 1 aliphatic rings. The predicted molar refractivity (Wildman–Crippen MR) is 81.2 cm³/mol. The van der Waals surface area contributed by atoms with E-state index in [-0.39, 0.29) is 0 Å². The monoisotopic (exact) mass is 278 g/mol. The Kier molecular flexibility index (Phi) is 5.72. The molecule has 20 heavy (non-hydrogen) atoms. The van der Waals surface area contributed by atoms with Crippen LogP contribution in [-0.2, 0) is 0 Å². The maximum Gasteiger partial charge on any atom is 0.137 e. The SMILES string of the molecule is COc1ccc(OCC[NH2+][C@@H]2CCC[C@H](C)[C@H]2C)cc1. The van der Waals surface area contributed by atoms with Crippen LogP contribution in [0.4, 0.5) is 0 Å². The summed E-state index contributed by atoms with van der Waals surface area (Å²) in [4.78, 5) is 0. The molecule has 1 fully saturated rings. The molecular formula is C17H28NO2+. The second kappa shape index (κ2) is 7.53. The fourth-order valence-electron chi connectivity index (χ4n) is 3.09. The van der Waals surface area contributed by atoms with Gasteiger partial charge >= 0.3 is 0 Å². The van der Waals surface area contributed by atoms with Gasteiger partial charge in [-0.1, -0.05) is 13.8 Å². The molecule has 0 heterocycles. The van der Waals surface area contributed by atoms with Crippen molar-refractivity contribution in [2.45, 2.75) is 39.2 Å². The Morgan fingerprint density at radius 1 is 1.10 bits per heavy atom. The molecule has 2 N–H and O–H groups in total. The van der Waals surface area contributed by atoms with E-state index >= 15 is 0 Å². The molecule has 0 unspecified atom stereocenters. The first kappa shape index (κ1) is 15.2. The van der Waals surface area contributed by atoms with Crippen molar-refractivity contribution < 1.29 is 14.8 Å². The lowest BCUT2D eigenvalue weighted by Crippen LogP contribution is -2.92. The normalized spacial score (nSPS) is 26.2. The third-order valence-corrected chi connectivity index (χ3v) is 4.69. The zero-order valence-electron chi connectivity index (χ0n) is 13.0. The first-order chi connectivity index (χ1) is 9.70. The number of quaternary nitrogens is 1. The molecule has 1 saturated carbocycles. The van der Waals surface area contributed by atoms with Crippen LogP contribution in [0.5, 0.6) is 11.5 Å². The Bertz CT molecular complexity index is 390. The highest BCUT2D eigenvalue weighted by Gasteiger charge is 2.29. The second-order valence-corrected chi connectivity index (χ2v) is 5.98. The summed E-state index contributed by atoms with van der Waals surface area (Å²) in [5.41, 5.74) is 0. The summed E-state index contributed by atoms with van der Waals surface area (Å²) in [5, 5.41) is 2.48. The Balaban J connectivity index is 1.68. The lowest BCUT2D eigenvalue weighted by molar-refractivity contribution is -0.699. The molecule has 0 bridgehead atoms. The van der Waals surface area contributed by atoms with Crippen LogP contribution in [0.15, 0.2) is 24.3 Å². The quantitative estimate of drug-likeness (QED) is 0.811. The average molecular weight is 278 g/mol. The van der Waals surface area contributed by atoms with E-state index in [9.17, 15) is 0 Å². The summed E-state index contributed by atoms with van der Waals surface area (Å²) in [7, 11) is 1.68. The van der Waals surface area contributed by atoms with Crippen molar-refractivity contribution in [3.05, 3.63) is 24.3 Å². The van der Waals surface area contributed by atoms with Crippen LogP contribution in [0.1, 0.15) is 33.1 Å². The van der Waals surface area contributed by atoms with E-state index in [4.69, 9.17) is 9.47 Å². The number of ether oxygens (including phenoxy) is 2. The molecule has 0 aromatic heterocycles. The lowest BCUT2D eigenvalue weighted by atomic mass is 9.78. The maximum atomic E-state index is 5.77. The van der Waals surface area contributed by atoms with E-state index in [1.165, 1.54) is 19.3 Å². The molecule has 0 aliphatic heterocycles. The minimum absolute atomic E-state index is 0.768. The molecule has 3 nitrogen and oxygen atoms in total. The van der Waals surface area contributed by atoms with Gasteiger partial charge in [0.15, 0.2) is 0 Å². The van der Waals surface area contributed by atoms with Crippen molar-refractivity contribution in [1.29, 1.82) is 0 Å². The molecule has 0 amide bonds. The van der Waals surface area contributed by atoms with Gasteiger partial charge in [-0.15, -0.1) is 0 Å². The summed E-state index contributed by atoms with van der Waals surface area (Å²) in [5.74, 6) is 3.48. The molecule has 3 atom stereocenters. The van der Waals surface area contributed by atoms with Crippen molar-refractivity contribution in [3.8, 4) is 11.5 Å². The van der Waals surface area contributed by atoms with Crippen LogP contribution >= 0.6 is 0 Å². The zero-order valence-corrected chi connectivity index (χ0v) is 13.0. The largest absolute Gasteiger partial charge is 0.497 e. The fourth-order valence-corrected chi connectivity index (χ4v) is 3.09. The summed E-state index contributed by atoms with van der Waals surface area (Å²) in [6.07, 6.45) is 4.13. The number of hydrogen-bond acceptors (Lipinski definition) is 2. The van der Waals surface area contributed by atoms with Crippen molar-refractivity contribution in [2.75, 3.05) is 20.3 Å². The molecule has 0 saturated heterocycles. The van der Waals surface area contributed by atoms with Gasteiger partial charge in [-0.2, -0.15) is 0 Å². The molecule has 3 heteroatoms. The average Bonchev–Trinajstić information content (AvgIpc) is 2.48. The number of rotatable bonds is 6. The van der Waals surface area contributed by atoms with Gasteiger partial charge < -0.3 is 14.8 Å². The van der Waals surface area contributed by atoms with E-state index in [1.54, 1.807) is 7.11 Å². The summed E-state index contributed by atoms with van der Waals surface area (Å²) < 4.78 is 10.9. The van der Waals surface area contributed by atoms with Crippen LogP contribution in [0.2, 0.25) is 0 Å². The van der Waals surface area contributed by atoms with Crippen molar-refractivity contribution >= 4 is 0 Å². The molecule has 1 aliphatic carbocycles. The van der Waals surface area contributed by atoms with E-state index in [2.05, 4.69) is 19.2 Å². The van der Waals surface area contributed by atoms with Crippen LogP contribution in [0.25, 0.3) is 0 Å². The molecule has 1 aromatic carbocycles. The Labute approximate surface area is 122 Å². The van der Waals surface area contributed by atoms with Gasteiger partial charge in [-0.05, 0) is 49.4 Å². The van der Waals surface area contributed by atoms with Crippen LogP contribution < -0.4 is 14.8 Å². The number of nitrogens with two attached hydrogens (primary N) is 1. The van der Waals surface area contributed by atoms with E-state index < -0.39 is 0 Å². The van der Waals surface area contributed by atoms with E-state index in [0.29, 0.717) is 0 Å². The highest BCUT2D eigenvalue weighted by Crippen LogP contribution is 2.27. The lowest BCUT2D eigenvalue weighted by Gasteiger charge is -2.32. The van der Waals surface area contributed by atoms with Crippen LogP contribution in [0, 0.1) is 11.8 Å². The van der Waals surface area contributed by atoms with Gasteiger partial charge in [-0.25, -0.2) is 0 Å². The van der Waals surface area contributed by atoms with E-state index in [0.717, 1.165) is 42.5 Å². The second-order valence-electron chi connectivity index (χ2n) is 5.98.